The zero-order chi connectivity index (χ0) is 17.1. The topological polar surface area (TPSA) is 105 Å². The van der Waals surface area contributed by atoms with Crippen LogP contribution in [-0.4, -0.2) is 31.9 Å². The Kier molecular flexibility index (Phi) is 4.15. The molecule has 1 aromatic carbocycles. The number of aromatic nitrogens is 3. The maximum atomic E-state index is 12.4. The van der Waals surface area contributed by atoms with Crippen LogP contribution in [0.2, 0.25) is 0 Å². The second kappa shape index (κ2) is 6.41. The van der Waals surface area contributed by atoms with E-state index in [9.17, 15) is 14.7 Å². The minimum absolute atomic E-state index is 0.131. The van der Waals surface area contributed by atoms with Gasteiger partial charge in [0.15, 0.2) is 0 Å². The van der Waals surface area contributed by atoms with E-state index in [4.69, 9.17) is 0 Å². The number of carboxylic acids is 1. The Morgan fingerprint density at radius 1 is 1.17 bits per heavy atom. The highest BCUT2D eigenvalue weighted by molar-refractivity contribution is 6.12. The van der Waals surface area contributed by atoms with Crippen LogP contribution in [0.25, 0.3) is 10.8 Å². The minimum Gasteiger partial charge on any atom is -0.478 e. The Morgan fingerprint density at radius 3 is 2.75 bits per heavy atom. The summed E-state index contributed by atoms with van der Waals surface area (Å²) in [6.45, 7) is 1.94. The third kappa shape index (κ3) is 2.91. The van der Waals surface area contributed by atoms with Crippen LogP contribution in [0.5, 0.6) is 0 Å². The van der Waals surface area contributed by atoms with Crippen molar-refractivity contribution in [2.75, 3.05) is 5.32 Å². The lowest BCUT2D eigenvalue weighted by atomic mass is 10.0. The zero-order valence-electron chi connectivity index (χ0n) is 12.9. The van der Waals surface area contributed by atoms with E-state index in [0.717, 1.165) is 5.69 Å². The highest BCUT2D eigenvalue weighted by atomic mass is 16.4. The van der Waals surface area contributed by atoms with Crippen LogP contribution in [-0.2, 0) is 6.42 Å². The highest BCUT2D eigenvalue weighted by Crippen LogP contribution is 2.26. The van der Waals surface area contributed by atoms with Crippen molar-refractivity contribution in [2.45, 2.75) is 13.3 Å². The van der Waals surface area contributed by atoms with E-state index < -0.39 is 5.97 Å². The molecule has 0 spiro atoms. The van der Waals surface area contributed by atoms with Crippen molar-refractivity contribution in [3.63, 3.8) is 0 Å². The summed E-state index contributed by atoms with van der Waals surface area (Å²) in [7, 11) is 0. The molecule has 2 aromatic heterocycles. The summed E-state index contributed by atoms with van der Waals surface area (Å²) in [5.74, 6) is -1.43. The lowest BCUT2D eigenvalue weighted by Gasteiger charge is -2.10. The predicted molar refractivity (Wildman–Crippen MR) is 88.1 cm³/mol. The number of anilines is 1. The lowest BCUT2D eigenvalue weighted by Crippen LogP contribution is -2.15. The Balaban J connectivity index is 2.00. The van der Waals surface area contributed by atoms with Crippen LogP contribution in [0.15, 0.2) is 43.0 Å². The monoisotopic (exact) mass is 322 g/mol. The van der Waals surface area contributed by atoms with Crippen molar-refractivity contribution in [1.29, 1.82) is 0 Å². The fraction of sp³-hybridized carbons (Fsp3) is 0.118. The average Bonchev–Trinajstić information content (AvgIpc) is 2.61. The molecule has 2 N–H and O–H groups in total. The summed E-state index contributed by atoms with van der Waals surface area (Å²) in [6, 6.07) is 6.30. The van der Waals surface area contributed by atoms with Crippen molar-refractivity contribution in [3.8, 4) is 0 Å². The number of fused-ring (bicyclic) bond motifs is 1. The molecule has 0 unspecified atom stereocenters. The van der Waals surface area contributed by atoms with E-state index in [2.05, 4.69) is 20.3 Å². The Bertz CT molecular complexity index is 940. The number of rotatable bonds is 4. The number of nitrogens with one attached hydrogen (secondary N) is 1. The average molecular weight is 322 g/mol. The summed E-state index contributed by atoms with van der Waals surface area (Å²) in [5, 5.41) is 13.1. The largest absolute Gasteiger partial charge is 0.478 e. The van der Waals surface area contributed by atoms with Crippen molar-refractivity contribution >= 4 is 28.3 Å². The molecule has 0 radical (unpaired) electrons. The van der Waals surface area contributed by atoms with Gasteiger partial charge in [-0.25, -0.2) is 14.8 Å². The molecule has 2 heterocycles. The van der Waals surface area contributed by atoms with E-state index in [1.807, 2.05) is 6.92 Å². The van der Waals surface area contributed by atoms with Crippen molar-refractivity contribution in [2.24, 2.45) is 0 Å². The summed E-state index contributed by atoms with van der Waals surface area (Å²) < 4.78 is 0. The first-order valence-corrected chi connectivity index (χ1v) is 7.32. The molecule has 1 amide bonds. The number of carbonyl (C=O) groups excluding carboxylic acids is 1. The van der Waals surface area contributed by atoms with Crippen LogP contribution >= 0.6 is 0 Å². The second-order valence-electron chi connectivity index (χ2n) is 5.09. The van der Waals surface area contributed by atoms with Gasteiger partial charge in [-0.15, -0.1) is 0 Å². The highest BCUT2D eigenvalue weighted by Gasteiger charge is 2.14. The van der Waals surface area contributed by atoms with Gasteiger partial charge in [0.1, 0.15) is 12.0 Å². The lowest BCUT2D eigenvalue weighted by molar-refractivity contribution is 0.0699. The summed E-state index contributed by atoms with van der Waals surface area (Å²) in [6.07, 6.45) is 5.06. The van der Waals surface area contributed by atoms with Gasteiger partial charge in [0.05, 0.1) is 5.56 Å². The first-order chi connectivity index (χ1) is 11.6. The predicted octanol–water partition coefficient (Wildman–Crippen LogP) is 2.54. The molecule has 0 aliphatic heterocycles. The van der Waals surface area contributed by atoms with Crippen molar-refractivity contribution in [3.05, 3.63) is 59.9 Å². The molecule has 0 saturated heterocycles. The van der Waals surface area contributed by atoms with Crippen LogP contribution in [0, 0.1) is 0 Å². The molecule has 0 saturated carbocycles. The van der Waals surface area contributed by atoms with Gasteiger partial charge >= 0.3 is 5.97 Å². The number of hydrogen-bond acceptors (Lipinski definition) is 5. The zero-order valence-corrected chi connectivity index (χ0v) is 12.9. The van der Waals surface area contributed by atoms with E-state index in [-0.39, 0.29) is 17.2 Å². The number of amides is 1. The standard InChI is InChI=1S/C17H14N4O3/c1-2-10-7-15(20-9-19-10)16(22)21-14-4-3-12(17(23)24)13-8-18-6-5-11(13)14/h3-9H,2H2,1H3,(H,21,22)(H,23,24). The maximum Gasteiger partial charge on any atom is 0.336 e. The third-order valence-corrected chi connectivity index (χ3v) is 3.62. The van der Waals surface area contributed by atoms with E-state index >= 15 is 0 Å². The number of carboxylic acid groups (broad SMARTS) is 1. The molecular formula is C17H14N4O3. The number of benzene rings is 1. The SMILES string of the molecule is CCc1cc(C(=O)Nc2ccc(C(=O)O)c3cnccc23)ncn1. The summed E-state index contributed by atoms with van der Waals surface area (Å²) >= 11 is 0. The number of pyridine rings is 1. The molecule has 0 atom stereocenters. The van der Waals surface area contributed by atoms with Crippen LogP contribution in [0.4, 0.5) is 5.69 Å². The normalized spacial score (nSPS) is 10.5. The number of nitrogens with zero attached hydrogens (tertiary/aromatic N) is 3. The smallest absolute Gasteiger partial charge is 0.336 e. The number of carbonyl (C=O) groups is 2. The molecule has 120 valence electrons. The molecule has 7 heteroatoms. The second-order valence-corrected chi connectivity index (χ2v) is 5.09. The number of hydrogen-bond donors (Lipinski definition) is 2. The van der Waals surface area contributed by atoms with Crippen LogP contribution in [0.3, 0.4) is 0 Å². The molecule has 24 heavy (non-hydrogen) atoms. The Labute approximate surface area is 137 Å². The molecule has 3 rings (SSSR count). The van der Waals surface area contributed by atoms with Gasteiger partial charge in [-0.1, -0.05) is 6.92 Å². The fourth-order valence-corrected chi connectivity index (χ4v) is 2.39. The molecule has 7 nitrogen and oxygen atoms in total. The quantitative estimate of drug-likeness (QED) is 0.764. The van der Waals surface area contributed by atoms with Crippen molar-refractivity contribution < 1.29 is 14.7 Å². The van der Waals surface area contributed by atoms with Crippen LogP contribution < -0.4 is 5.32 Å². The van der Waals surface area contributed by atoms with Gasteiger partial charge in [0, 0.05) is 34.5 Å². The van der Waals surface area contributed by atoms with Crippen LogP contribution in [0.1, 0.15) is 33.5 Å². The van der Waals surface area contributed by atoms with Gasteiger partial charge < -0.3 is 10.4 Å². The third-order valence-electron chi connectivity index (χ3n) is 3.62. The van der Waals surface area contributed by atoms with Gasteiger partial charge in [0.25, 0.3) is 5.91 Å². The first-order valence-electron chi connectivity index (χ1n) is 7.32. The molecule has 3 aromatic rings. The van der Waals surface area contributed by atoms with E-state index in [0.29, 0.717) is 22.9 Å². The number of aromatic carboxylic acids is 1. The summed E-state index contributed by atoms with van der Waals surface area (Å²) in [4.78, 5) is 35.7. The van der Waals surface area contributed by atoms with E-state index in [1.165, 1.54) is 18.6 Å². The number of aryl methyl sites for hydroxylation is 1. The molecule has 0 bridgehead atoms. The first kappa shape index (κ1) is 15.5. The Hall–Kier alpha value is -3.35. The van der Waals surface area contributed by atoms with E-state index in [1.54, 1.807) is 24.4 Å². The Morgan fingerprint density at radius 2 is 2.00 bits per heavy atom. The summed E-state index contributed by atoms with van der Waals surface area (Å²) in [5.41, 5.74) is 1.65. The minimum atomic E-state index is -1.05. The molecule has 0 aliphatic carbocycles. The fourth-order valence-electron chi connectivity index (χ4n) is 2.39. The van der Waals surface area contributed by atoms with Gasteiger partial charge in [0.2, 0.25) is 0 Å². The molecular weight excluding hydrogens is 308 g/mol. The molecule has 0 fully saturated rings. The van der Waals surface area contributed by atoms with Gasteiger partial charge in [-0.05, 0) is 30.7 Å². The van der Waals surface area contributed by atoms with Crippen molar-refractivity contribution in [1.82, 2.24) is 15.0 Å². The maximum absolute atomic E-state index is 12.4. The van der Waals surface area contributed by atoms with Gasteiger partial charge in [-0.2, -0.15) is 0 Å². The molecule has 0 aliphatic rings. The van der Waals surface area contributed by atoms with Gasteiger partial charge in [-0.3, -0.25) is 9.78 Å².